The minimum atomic E-state index is -0.712. The number of carbonyl (C=O) groups is 2. The van der Waals surface area contributed by atoms with Crippen molar-refractivity contribution in [2.24, 2.45) is 0 Å². The van der Waals surface area contributed by atoms with Gasteiger partial charge in [0.25, 0.3) is 11.8 Å². The summed E-state index contributed by atoms with van der Waals surface area (Å²) in [5, 5.41) is 2.57. The van der Waals surface area contributed by atoms with E-state index in [-0.39, 0.29) is 46.5 Å². The highest BCUT2D eigenvalue weighted by Crippen LogP contribution is 2.18. The Morgan fingerprint density at radius 2 is 2.11 bits per heavy atom. The number of nitrogens with one attached hydrogen (secondary N) is 1. The molecule has 0 fully saturated rings. The number of halogens is 2. The largest absolute Gasteiger partial charge is 0.491 e. The van der Waals surface area contributed by atoms with Crippen LogP contribution in [0.2, 0.25) is 5.02 Å². The summed E-state index contributed by atoms with van der Waals surface area (Å²) in [7, 11) is 1.39. The van der Waals surface area contributed by atoms with E-state index < -0.39 is 11.7 Å². The molecule has 1 N–H and O–H groups in total. The normalized spacial score (nSPS) is 13.3. The van der Waals surface area contributed by atoms with E-state index in [0.29, 0.717) is 13.1 Å². The average molecular weight is 394 g/mol. The van der Waals surface area contributed by atoms with Gasteiger partial charge in [-0.15, -0.1) is 0 Å². The zero-order chi connectivity index (χ0) is 19.6. The molecule has 1 aliphatic heterocycles. The third-order valence-electron chi connectivity index (χ3n) is 4.29. The predicted octanol–water partition coefficient (Wildman–Crippen LogP) is 1.54. The summed E-state index contributed by atoms with van der Waals surface area (Å²) >= 11 is 5.86. The molecule has 1 aromatic carbocycles. The average Bonchev–Trinajstić information content (AvgIpc) is 2.63. The molecule has 9 heteroatoms. The standard InChI is InChI=1S/C18H17ClFN3O4/c1-27-15-10-23-8-7-22(18(26)13(23)9-14(15)24)6-5-21-17(25)16-11(19)3-2-4-12(16)20/h2-4,9-10H,5-8H2,1H3,(H,21,25). The third kappa shape index (κ3) is 3.80. The van der Waals surface area contributed by atoms with Gasteiger partial charge in [-0.25, -0.2) is 4.39 Å². The number of carbonyl (C=O) groups excluding carboxylic acids is 2. The van der Waals surface area contributed by atoms with Crippen LogP contribution in [-0.2, 0) is 6.54 Å². The van der Waals surface area contributed by atoms with Gasteiger partial charge in [-0.05, 0) is 12.1 Å². The second kappa shape index (κ2) is 7.79. The van der Waals surface area contributed by atoms with E-state index in [1.165, 1.54) is 36.4 Å². The second-order valence-electron chi connectivity index (χ2n) is 5.93. The molecule has 2 heterocycles. The SMILES string of the molecule is COc1cn2c(cc1=O)C(=O)N(CCNC(=O)c1c(F)cccc1Cl)CC2. The fourth-order valence-corrected chi connectivity index (χ4v) is 3.14. The first-order chi connectivity index (χ1) is 12.9. The zero-order valence-electron chi connectivity index (χ0n) is 14.5. The summed E-state index contributed by atoms with van der Waals surface area (Å²) in [6.07, 6.45) is 1.51. The van der Waals surface area contributed by atoms with Gasteiger partial charge in [0.2, 0.25) is 5.43 Å². The first kappa shape index (κ1) is 18.9. The number of nitrogens with zero attached hydrogens (tertiary/aromatic N) is 2. The van der Waals surface area contributed by atoms with E-state index >= 15 is 0 Å². The molecule has 0 saturated heterocycles. The van der Waals surface area contributed by atoms with Crippen LogP contribution in [0.15, 0.2) is 35.3 Å². The van der Waals surface area contributed by atoms with Crippen LogP contribution in [0.25, 0.3) is 0 Å². The fourth-order valence-electron chi connectivity index (χ4n) is 2.89. The van der Waals surface area contributed by atoms with Crippen LogP contribution in [0.5, 0.6) is 5.75 Å². The van der Waals surface area contributed by atoms with Crippen molar-refractivity contribution in [3.8, 4) is 5.75 Å². The van der Waals surface area contributed by atoms with E-state index in [2.05, 4.69) is 5.32 Å². The van der Waals surface area contributed by atoms with Crippen molar-refractivity contribution >= 4 is 23.4 Å². The molecule has 3 rings (SSSR count). The van der Waals surface area contributed by atoms with Crippen LogP contribution in [0, 0.1) is 5.82 Å². The minimum Gasteiger partial charge on any atom is -0.491 e. The number of fused-ring (bicyclic) bond motifs is 1. The van der Waals surface area contributed by atoms with Gasteiger partial charge in [0.1, 0.15) is 11.5 Å². The molecule has 27 heavy (non-hydrogen) atoms. The molecule has 0 unspecified atom stereocenters. The lowest BCUT2D eigenvalue weighted by atomic mass is 10.2. The monoisotopic (exact) mass is 393 g/mol. The minimum absolute atomic E-state index is 0.0174. The molecule has 142 valence electrons. The van der Waals surface area contributed by atoms with Gasteiger partial charge in [0, 0.05) is 32.2 Å². The Balaban J connectivity index is 1.64. The molecule has 0 saturated carbocycles. The summed E-state index contributed by atoms with van der Waals surface area (Å²) in [6, 6.07) is 5.23. The van der Waals surface area contributed by atoms with E-state index in [1.54, 1.807) is 4.57 Å². The van der Waals surface area contributed by atoms with Crippen molar-refractivity contribution in [2.75, 3.05) is 26.7 Å². The van der Waals surface area contributed by atoms with Crippen LogP contribution in [0.3, 0.4) is 0 Å². The number of aromatic nitrogens is 1. The van der Waals surface area contributed by atoms with Gasteiger partial charge in [-0.1, -0.05) is 17.7 Å². The van der Waals surface area contributed by atoms with E-state index in [0.717, 1.165) is 6.07 Å². The van der Waals surface area contributed by atoms with Crippen molar-refractivity contribution in [1.82, 2.24) is 14.8 Å². The van der Waals surface area contributed by atoms with Crippen molar-refractivity contribution < 1.29 is 18.7 Å². The lowest BCUT2D eigenvalue weighted by molar-refractivity contribution is 0.0696. The van der Waals surface area contributed by atoms with Crippen molar-refractivity contribution in [2.45, 2.75) is 6.54 Å². The topological polar surface area (TPSA) is 80.6 Å². The van der Waals surface area contributed by atoms with Crippen molar-refractivity contribution in [3.63, 3.8) is 0 Å². The molecular weight excluding hydrogens is 377 g/mol. The van der Waals surface area contributed by atoms with E-state index in [9.17, 15) is 18.8 Å². The summed E-state index contributed by atoms with van der Waals surface area (Å²) in [5.74, 6) is -1.51. The molecule has 1 aliphatic rings. The second-order valence-corrected chi connectivity index (χ2v) is 6.34. The number of methoxy groups -OCH3 is 1. The smallest absolute Gasteiger partial charge is 0.270 e. The van der Waals surface area contributed by atoms with Gasteiger partial charge < -0.3 is 19.5 Å². The van der Waals surface area contributed by atoms with Gasteiger partial charge in [-0.2, -0.15) is 0 Å². The number of amides is 2. The Kier molecular flexibility index (Phi) is 5.46. The molecule has 0 bridgehead atoms. The highest BCUT2D eigenvalue weighted by molar-refractivity contribution is 6.33. The summed E-state index contributed by atoms with van der Waals surface area (Å²) in [5.41, 5.74) is -0.342. The molecule has 1 aromatic heterocycles. The van der Waals surface area contributed by atoms with Crippen molar-refractivity contribution in [3.05, 3.63) is 62.8 Å². The molecule has 7 nitrogen and oxygen atoms in total. The highest BCUT2D eigenvalue weighted by atomic mass is 35.5. The molecule has 0 aliphatic carbocycles. The number of pyridine rings is 1. The Hall–Kier alpha value is -2.87. The Morgan fingerprint density at radius 1 is 1.33 bits per heavy atom. The van der Waals surface area contributed by atoms with Gasteiger partial charge in [-0.3, -0.25) is 14.4 Å². The van der Waals surface area contributed by atoms with Gasteiger partial charge in [0.05, 0.1) is 23.9 Å². The zero-order valence-corrected chi connectivity index (χ0v) is 15.3. The number of hydrogen-bond acceptors (Lipinski definition) is 4. The van der Waals surface area contributed by atoms with Crippen LogP contribution >= 0.6 is 11.6 Å². The predicted molar refractivity (Wildman–Crippen MR) is 96.9 cm³/mol. The fraction of sp³-hybridized carbons (Fsp3) is 0.278. The summed E-state index contributed by atoms with van der Waals surface area (Å²) < 4.78 is 20.4. The third-order valence-corrected chi connectivity index (χ3v) is 4.60. The van der Waals surface area contributed by atoms with Crippen LogP contribution in [0.4, 0.5) is 4.39 Å². The first-order valence-electron chi connectivity index (χ1n) is 8.22. The molecule has 2 amide bonds. The van der Waals surface area contributed by atoms with E-state index in [4.69, 9.17) is 16.3 Å². The number of rotatable bonds is 5. The Labute approximate surface area is 159 Å². The maximum Gasteiger partial charge on any atom is 0.270 e. The van der Waals surface area contributed by atoms with Crippen LogP contribution < -0.4 is 15.5 Å². The van der Waals surface area contributed by atoms with Crippen LogP contribution in [0.1, 0.15) is 20.8 Å². The summed E-state index contributed by atoms with van der Waals surface area (Å²) in [4.78, 5) is 38.1. The highest BCUT2D eigenvalue weighted by Gasteiger charge is 2.25. The van der Waals surface area contributed by atoms with Gasteiger partial charge >= 0.3 is 0 Å². The molecular formula is C18H17ClFN3O4. The number of hydrogen-bond donors (Lipinski definition) is 1. The van der Waals surface area contributed by atoms with Gasteiger partial charge in [0.15, 0.2) is 5.75 Å². The Morgan fingerprint density at radius 3 is 2.81 bits per heavy atom. The molecule has 0 radical (unpaired) electrons. The first-order valence-corrected chi connectivity index (χ1v) is 8.60. The molecule has 2 aromatic rings. The number of benzene rings is 1. The van der Waals surface area contributed by atoms with E-state index in [1.807, 2.05) is 0 Å². The number of ether oxygens (including phenoxy) is 1. The van der Waals surface area contributed by atoms with Crippen LogP contribution in [-0.4, -0.2) is 48.0 Å². The lowest BCUT2D eigenvalue weighted by Gasteiger charge is -2.30. The quantitative estimate of drug-likeness (QED) is 0.835. The maximum atomic E-state index is 13.8. The molecule has 0 atom stereocenters. The lowest BCUT2D eigenvalue weighted by Crippen LogP contribution is -2.45. The molecule has 0 spiro atoms. The summed E-state index contributed by atoms with van der Waals surface area (Å²) in [6.45, 7) is 1.24. The Bertz CT molecular complexity index is 940. The maximum absolute atomic E-state index is 13.8. The van der Waals surface area contributed by atoms with Crippen molar-refractivity contribution in [1.29, 1.82) is 0 Å².